The first-order valence-electron chi connectivity index (χ1n) is 7.80. The minimum Gasteiger partial charge on any atom is -0.348 e. The molecule has 1 aromatic carbocycles. The molecule has 0 saturated heterocycles. The van der Waals surface area contributed by atoms with Crippen molar-refractivity contribution >= 4 is 29.9 Å². The quantitative estimate of drug-likeness (QED) is 0.722. The Morgan fingerprint density at radius 2 is 1.91 bits per heavy atom. The normalized spacial score (nSPS) is 16.8. The lowest BCUT2D eigenvalue weighted by molar-refractivity contribution is -0.117. The van der Waals surface area contributed by atoms with E-state index in [9.17, 15) is 9.59 Å². The van der Waals surface area contributed by atoms with Crippen LogP contribution in [0.1, 0.15) is 29.6 Å². The molecule has 0 atom stereocenters. The van der Waals surface area contributed by atoms with Crippen LogP contribution in [0.3, 0.4) is 0 Å². The predicted molar refractivity (Wildman–Crippen MR) is 92.9 cm³/mol. The van der Waals surface area contributed by atoms with Crippen molar-refractivity contribution < 1.29 is 9.59 Å². The molecule has 2 amide bonds. The summed E-state index contributed by atoms with van der Waals surface area (Å²) in [7, 11) is 0. The zero-order chi connectivity index (χ0) is 15.4. The van der Waals surface area contributed by atoms with E-state index in [0.717, 1.165) is 38.0 Å². The Hall–Kier alpha value is -1.85. The minimum atomic E-state index is -0.0838. The number of carbonyl (C=O) groups is 2. The van der Waals surface area contributed by atoms with Gasteiger partial charge in [-0.2, -0.15) is 0 Å². The van der Waals surface area contributed by atoms with E-state index < -0.39 is 0 Å². The molecule has 1 aromatic rings. The number of benzene rings is 1. The lowest BCUT2D eigenvalue weighted by atomic mass is 10.1. The van der Waals surface area contributed by atoms with E-state index in [1.165, 1.54) is 5.57 Å². The number of hydrogen-bond acceptors (Lipinski definition) is 3. The highest BCUT2D eigenvalue weighted by Crippen LogP contribution is 2.30. The number of carbonyl (C=O) groups excluding carboxylic acids is 2. The van der Waals surface area contributed by atoms with E-state index in [-0.39, 0.29) is 30.1 Å². The molecule has 0 bridgehead atoms. The van der Waals surface area contributed by atoms with Crippen LogP contribution >= 0.6 is 12.4 Å². The van der Waals surface area contributed by atoms with Crippen molar-refractivity contribution in [3.05, 3.63) is 41.5 Å². The second-order valence-corrected chi connectivity index (χ2v) is 5.84. The molecule has 5 nitrogen and oxygen atoms in total. The SMILES string of the molecule is Cl.O=C(NCC1=CCNCC1)c1ccc(NC(=O)C2CC2)cc1. The van der Waals surface area contributed by atoms with E-state index in [4.69, 9.17) is 0 Å². The smallest absolute Gasteiger partial charge is 0.251 e. The predicted octanol–water partition coefficient (Wildman–Crippen LogP) is 2.11. The van der Waals surface area contributed by atoms with Crippen molar-refractivity contribution in [1.82, 2.24) is 10.6 Å². The Labute approximate surface area is 142 Å². The van der Waals surface area contributed by atoms with Gasteiger partial charge in [-0.05, 0) is 50.1 Å². The molecule has 6 heteroatoms. The first kappa shape index (κ1) is 17.5. The van der Waals surface area contributed by atoms with Crippen molar-refractivity contribution in [2.45, 2.75) is 19.3 Å². The molecule has 3 N–H and O–H groups in total. The summed E-state index contributed by atoms with van der Waals surface area (Å²) in [5.74, 6) is 0.177. The molecule has 0 unspecified atom stereocenters. The third kappa shape index (κ3) is 5.08. The maximum Gasteiger partial charge on any atom is 0.251 e. The van der Waals surface area contributed by atoms with Gasteiger partial charge in [0.2, 0.25) is 5.91 Å². The number of rotatable bonds is 5. The van der Waals surface area contributed by atoms with Gasteiger partial charge in [-0.1, -0.05) is 11.6 Å². The Balaban J connectivity index is 0.00000192. The number of anilines is 1. The minimum absolute atomic E-state index is 0. The van der Waals surface area contributed by atoms with Gasteiger partial charge in [0, 0.05) is 30.3 Å². The van der Waals surface area contributed by atoms with Crippen molar-refractivity contribution in [3.63, 3.8) is 0 Å². The molecule has 23 heavy (non-hydrogen) atoms. The summed E-state index contributed by atoms with van der Waals surface area (Å²) in [6.07, 6.45) is 5.07. The average Bonchev–Trinajstić information content (AvgIpc) is 3.39. The summed E-state index contributed by atoms with van der Waals surface area (Å²) in [6.45, 7) is 2.44. The first-order chi connectivity index (χ1) is 10.7. The fraction of sp³-hybridized carbons (Fsp3) is 0.412. The molecule has 1 heterocycles. The maximum atomic E-state index is 12.1. The Kier molecular flexibility index (Phi) is 6.19. The molecule has 0 radical (unpaired) electrons. The zero-order valence-corrected chi connectivity index (χ0v) is 13.7. The Morgan fingerprint density at radius 1 is 1.17 bits per heavy atom. The van der Waals surface area contributed by atoms with Crippen LogP contribution in [0, 0.1) is 5.92 Å². The van der Waals surface area contributed by atoms with Crippen LogP contribution < -0.4 is 16.0 Å². The summed E-state index contributed by atoms with van der Waals surface area (Å²) in [4.78, 5) is 23.8. The Bertz CT molecular complexity index is 594. The molecule has 1 fully saturated rings. The molecule has 2 aliphatic rings. The number of halogens is 1. The molecular formula is C17H22ClN3O2. The topological polar surface area (TPSA) is 70.2 Å². The van der Waals surface area contributed by atoms with E-state index in [1.54, 1.807) is 24.3 Å². The van der Waals surface area contributed by atoms with Gasteiger partial charge in [-0.3, -0.25) is 9.59 Å². The molecule has 1 aliphatic carbocycles. The van der Waals surface area contributed by atoms with Gasteiger partial charge in [-0.25, -0.2) is 0 Å². The van der Waals surface area contributed by atoms with E-state index in [2.05, 4.69) is 22.0 Å². The molecule has 1 aliphatic heterocycles. The number of hydrogen-bond donors (Lipinski definition) is 3. The van der Waals surface area contributed by atoms with Crippen molar-refractivity contribution in [2.24, 2.45) is 5.92 Å². The van der Waals surface area contributed by atoms with Gasteiger partial charge >= 0.3 is 0 Å². The van der Waals surface area contributed by atoms with Crippen molar-refractivity contribution in [2.75, 3.05) is 25.0 Å². The lowest BCUT2D eigenvalue weighted by Gasteiger charge is -2.14. The van der Waals surface area contributed by atoms with E-state index in [1.807, 2.05) is 0 Å². The second-order valence-electron chi connectivity index (χ2n) is 5.84. The van der Waals surface area contributed by atoms with Crippen LogP contribution in [0.4, 0.5) is 5.69 Å². The van der Waals surface area contributed by atoms with Crippen molar-refractivity contribution in [1.29, 1.82) is 0 Å². The standard InChI is InChI=1S/C17H21N3O2.ClH/c21-16(19-11-12-7-9-18-10-8-12)13-3-5-15(6-4-13)20-17(22)14-1-2-14;/h3-7,14,18H,1-2,8-11H2,(H,19,21)(H,20,22);1H. The van der Waals surface area contributed by atoms with Crippen LogP contribution in [0.15, 0.2) is 35.9 Å². The molecule has 3 rings (SSSR count). The van der Waals surface area contributed by atoms with Crippen LogP contribution in [-0.4, -0.2) is 31.4 Å². The highest BCUT2D eigenvalue weighted by atomic mass is 35.5. The molecule has 1 saturated carbocycles. The Morgan fingerprint density at radius 3 is 2.52 bits per heavy atom. The van der Waals surface area contributed by atoms with E-state index in [0.29, 0.717) is 12.1 Å². The highest BCUT2D eigenvalue weighted by molar-refractivity contribution is 5.96. The van der Waals surface area contributed by atoms with Crippen LogP contribution in [0.2, 0.25) is 0 Å². The third-order valence-corrected chi connectivity index (χ3v) is 4.00. The fourth-order valence-corrected chi connectivity index (χ4v) is 2.42. The van der Waals surface area contributed by atoms with E-state index >= 15 is 0 Å². The molecular weight excluding hydrogens is 314 g/mol. The fourth-order valence-electron chi connectivity index (χ4n) is 2.42. The van der Waals surface area contributed by atoms with Gasteiger partial charge in [0.25, 0.3) is 5.91 Å². The first-order valence-corrected chi connectivity index (χ1v) is 7.80. The van der Waals surface area contributed by atoms with Crippen LogP contribution in [0.25, 0.3) is 0 Å². The average molecular weight is 336 g/mol. The van der Waals surface area contributed by atoms with Crippen LogP contribution in [-0.2, 0) is 4.79 Å². The largest absolute Gasteiger partial charge is 0.348 e. The maximum absolute atomic E-state index is 12.1. The summed E-state index contributed by atoms with van der Waals surface area (Å²) >= 11 is 0. The summed E-state index contributed by atoms with van der Waals surface area (Å²) in [6, 6.07) is 7.04. The third-order valence-electron chi connectivity index (χ3n) is 4.00. The molecule has 124 valence electrons. The molecule has 0 aromatic heterocycles. The second kappa shape index (κ2) is 8.13. The number of amides is 2. The molecule has 0 spiro atoms. The number of nitrogens with one attached hydrogen (secondary N) is 3. The summed E-state index contributed by atoms with van der Waals surface area (Å²) < 4.78 is 0. The van der Waals surface area contributed by atoms with Gasteiger partial charge < -0.3 is 16.0 Å². The monoisotopic (exact) mass is 335 g/mol. The van der Waals surface area contributed by atoms with Gasteiger partial charge in [0.1, 0.15) is 0 Å². The van der Waals surface area contributed by atoms with Gasteiger partial charge in [0.15, 0.2) is 0 Å². The lowest BCUT2D eigenvalue weighted by Crippen LogP contribution is -2.29. The summed E-state index contributed by atoms with van der Waals surface area (Å²) in [5, 5.41) is 9.05. The summed E-state index contributed by atoms with van der Waals surface area (Å²) in [5.41, 5.74) is 2.62. The van der Waals surface area contributed by atoms with Gasteiger partial charge in [0.05, 0.1) is 0 Å². The zero-order valence-electron chi connectivity index (χ0n) is 12.9. The van der Waals surface area contributed by atoms with Gasteiger partial charge in [-0.15, -0.1) is 12.4 Å². The van der Waals surface area contributed by atoms with Crippen LogP contribution in [0.5, 0.6) is 0 Å². The highest BCUT2D eigenvalue weighted by Gasteiger charge is 2.29. The van der Waals surface area contributed by atoms with Crippen molar-refractivity contribution in [3.8, 4) is 0 Å².